The van der Waals surface area contributed by atoms with Gasteiger partial charge in [0, 0.05) is 12.8 Å². The molecule has 0 radical (unpaired) electrons. The van der Waals surface area contributed by atoms with Gasteiger partial charge in [-0.05, 0) is 44.1 Å². The van der Waals surface area contributed by atoms with Gasteiger partial charge in [-0.3, -0.25) is 0 Å². The lowest BCUT2D eigenvalue weighted by molar-refractivity contribution is 0.238. The molecule has 3 heteroatoms. The first-order chi connectivity index (χ1) is 8.18. The number of unbranched alkanes of at least 4 members (excludes halogenated alkanes) is 3. The van der Waals surface area contributed by atoms with Crippen LogP contribution < -0.4 is 5.73 Å². The Morgan fingerprint density at radius 2 is 1.53 bits per heavy atom. The number of nitrogens with zero attached hydrogens (tertiary/aromatic N) is 2. The van der Waals surface area contributed by atoms with Crippen molar-refractivity contribution in [1.82, 2.24) is 0 Å². The Balaban J connectivity index is 4.00. The lowest BCUT2D eigenvalue weighted by Crippen LogP contribution is -2.16. The minimum atomic E-state index is 0.237. The molecule has 0 spiro atoms. The Morgan fingerprint density at radius 1 is 0.882 bits per heavy atom. The van der Waals surface area contributed by atoms with Gasteiger partial charge in [0.2, 0.25) is 0 Å². The predicted octanol–water partition coefficient (Wildman–Crippen LogP) is 3.51. The van der Waals surface area contributed by atoms with Crippen LogP contribution in [0.5, 0.6) is 0 Å². The van der Waals surface area contributed by atoms with Crippen LogP contribution in [-0.4, -0.2) is 6.54 Å². The number of nitriles is 2. The Kier molecular flexibility index (Phi) is 9.49. The zero-order valence-electron chi connectivity index (χ0n) is 11.0. The molecule has 0 heterocycles. The van der Waals surface area contributed by atoms with Crippen LogP contribution in [0.25, 0.3) is 0 Å². The molecular formula is C14H25N3. The van der Waals surface area contributed by atoms with E-state index >= 15 is 0 Å². The molecule has 0 aromatic heterocycles. The smallest absolute Gasteiger partial charge is 0.0621 e. The van der Waals surface area contributed by atoms with E-state index in [9.17, 15) is 0 Å². The highest BCUT2D eigenvalue weighted by molar-refractivity contribution is 4.82. The normalized spacial score (nSPS) is 13.6. The van der Waals surface area contributed by atoms with Crippen molar-refractivity contribution in [2.45, 2.75) is 64.7 Å². The van der Waals surface area contributed by atoms with Gasteiger partial charge in [-0.25, -0.2) is 0 Å². The van der Waals surface area contributed by atoms with Crippen molar-refractivity contribution >= 4 is 0 Å². The second-order valence-corrected chi connectivity index (χ2v) is 5.08. The first-order valence-corrected chi connectivity index (χ1v) is 6.62. The van der Waals surface area contributed by atoms with E-state index in [1.165, 1.54) is 12.8 Å². The maximum absolute atomic E-state index is 8.69. The first-order valence-electron chi connectivity index (χ1n) is 6.62. The van der Waals surface area contributed by atoms with Gasteiger partial charge in [-0.2, -0.15) is 10.5 Å². The van der Waals surface area contributed by atoms with Gasteiger partial charge in [0.1, 0.15) is 0 Å². The minimum absolute atomic E-state index is 0.237. The maximum Gasteiger partial charge on any atom is 0.0621 e. The van der Waals surface area contributed by atoms with Gasteiger partial charge in [-0.1, -0.05) is 19.8 Å². The average molecular weight is 235 g/mol. The fourth-order valence-corrected chi connectivity index (χ4v) is 2.20. The summed E-state index contributed by atoms with van der Waals surface area (Å²) >= 11 is 0. The van der Waals surface area contributed by atoms with Crippen molar-refractivity contribution in [3.05, 3.63) is 0 Å². The first kappa shape index (κ1) is 15.9. The summed E-state index contributed by atoms with van der Waals surface area (Å²) in [7, 11) is 0. The Bertz CT molecular complexity index is 262. The van der Waals surface area contributed by atoms with Crippen LogP contribution in [0.4, 0.5) is 0 Å². The molecular weight excluding hydrogens is 210 g/mol. The Hall–Kier alpha value is -1.06. The van der Waals surface area contributed by atoms with Gasteiger partial charge < -0.3 is 5.73 Å². The quantitative estimate of drug-likeness (QED) is 0.589. The highest BCUT2D eigenvalue weighted by Gasteiger charge is 2.22. The molecule has 1 atom stereocenters. The number of hydrogen-bond acceptors (Lipinski definition) is 3. The molecule has 0 saturated heterocycles. The van der Waals surface area contributed by atoms with Crippen LogP contribution in [0.15, 0.2) is 0 Å². The molecule has 96 valence electrons. The van der Waals surface area contributed by atoms with E-state index < -0.39 is 0 Å². The second kappa shape index (κ2) is 10.1. The molecule has 2 N–H and O–H groups in total. The molecule has 0 amide bonds. The third-order valence-electron chi connectivity index (χ3n) is 3.39. The van der Waals surface area contributed by atoms with E-state index in [-0.39, 0.29) is 5.41 Å². The molecule has 0 bridgehead atoms. The summed E-state index contributed by atoms with van der Waals surface area (Å²) in [6, 6.07) is 4.42. The van der Waals surface area contributed by atoms with E-state index in [4.69, 9.17) is 16.3 Å². The van der Waals surface area contributed by atoms with E-state index in [2.05, 4.69) is 19.1 Å². The maximum atomic E-state index is 8.69. The molecule has 0 aliphatic carbocycles. The number of rotatable bonds is 10. The summed E-state index contributed by atoms with van der Waals surface area (Å²) in [6.45, 7) is 3.02. The van der Waals surface area contributed by atoms with E-state index in [1.54, 1.807) is 0 Å². The van der Waals surface area contributed by atoms with Gasteiger partial charge in [0.05, 0.1) is 12.1 Å². The largest absolute Gasteiger partial charge is 0.330 e. The summed E-state index contributed by atoms with van der Waals surface area (Å²) in [5.74, 6) is 0. The highest BCUT2D eigenvalue weighted by atomic mass is 14.5. The van der Waals surface area contributed by atoms with Crippen LogP contribution in [0.1, 0.15) is 64.7 Å². The summed E-state index contributed by atoms with van der Waals surface area (Å²) < 4.78 is 0. The monoisotopic (exact) mass is 235 g/mol. The van der Waals surface area contributed by atoms with Gasteiger partial charge in [0.15, 0.2) is 0 Å². The lowest BCUT2D eigenvalue weighted by atomic mass is 9.76. The Labute approximate surface area is 106 Å². The molecule has 0 rings (SSSR count). The van der Waals surface area contributed by atoms with Gasteiger partial charge >= 0.3 is 0 Å². The fourth-order valence-electron chi connectivity index (χ4n) is 2.20. The molecule has 0 aromatic rings. The van der Waals surface area contributed by atoms with Crippen molar-refractivity contribution in [2.75, 3.05) is 6.54 Å². The Morgan fingerprint density at radius 3 is 2.12 bits per heavy atom. The van der Waals surface area contributed by atoms with Crippen molar-refractivity contribution in [3.63, 3.8) is 0 Å². The van der Waals surface area contributed by atoms with E-state index in [1.807, 2.05) is 0 Å². The van der Waals surface area contributed by atoms with Crippen LogP contribution in [0.2, 0.25) is 0 Å². The summed E-state index contributed by atoms with van der Waals surface area (Å²) in [5, 5.41) is 17.3. The number of hydrogen-bond donors (Lipinski definition) is 1. The predicted molar refractivity (Wildman–Crippen MR) is 69.9 cm³/mol. The van der Waals surface area contributed by atoms with Crippen LogP contribution in [-0.2, 0) is 0 Å². The fraction of sp³-hybridized carbons (Fsp3) is 0.857. The summed E-state index contributed by atoms with van der Waals surface area (Å²) in [6.07, 6.45) is 8.83. The zero-order valence-corrected chi connectivity index (χ0v) is 11.0. The van der Waals surface area contributed by atoms with Crippen LogP contribution in [0, 0.1) is 28.1 Å². The van der Waals surface area contributed by atoms with Crippen LogP contribution in [0.3, 0.4) is 0 Å². The standard InChI is InChI=1S/C14H25N3/c1-14(10-7-13-17,9-4-6-12-16)8-3-2-5-11-15/h2-11,15H2,1H3. The highest BCUT2D eigenvalue weighted by Crippen LogP contribution is 2.35. The molecule has 17 heavy (non-hydrogen) atoms. The third kappa shape index (κ3) is 8.72. The molecule has 1 unspecified atom stereocenters. The molecule has 0 aliphatic heterocycles. The minimum Gasteiger partial charge on any atom is -0.330 e. The van der Waals surface area contributed by atoms with Gasteiger partial charge in [0.25, 0.3) is 0 Å². The van der Waals surface area contributed by atoms with Crippen LogP contribution >= 0.6 is 0 Å². The van der Waals surface area contributed by atoms with E-state index in [0.717, 1.165) is 38.6 Å². The van der Waals surface area contributed by atoms with E-state index in [0.29, 0.717) is 12.8 Å². The lowest BCUT2D eigenvalue weighted by Gasteiger charge is -2.28. The van der Waals surface area contributed by atoms with Crippen molar-refractivity contribution in [2.24, 2.45) is 11.1 Å². The zero-order chi connectivity index (χ0) is 13.0. The second-order valence-electron chi connectivity index (χ2n) is 5.08. The topological polar surface area (TPSA) is 73.6 Å². The van der Waals surface area contributed by atoms with Crippen molar-refractivity contribution < 1.29 is 0 Å². The molecule has 0 fully saturated rings. The molecule has 0 aromatic carbocycles. The van der Waals surface area contributed by atoms with Crippen molar-refractivity contribution in [1.29, 1.82) is 10.5 Å². The van der Waals surface area contributed by atoms with Crippen molar-refractivity contribution in [3.8, 4) is 12.1 Å². The molecule has 3 nitrogen and oxygen atoms in total. The summed E-state index contributed by atoms with van der Waals surface area (Å²) in [5.41, 5.74) is 5.71. The SMILES string of the molecule is CC(CCC#N)(CCCC#N)CCCCCN. The molecule has 0 aliphatic rings. The third-order valence-corrected chi connectivity index (χ3v) is 3.39. The van der Waals surface area contributed by atoms with Gasteiger partial charge in [-0.15, -0.1) is 0 Å². The summed E-state index contributed by atoms with van der Waals surface area (Å²) in [4.78, 5) is 0. The average Bonchev–Trinajstić information content (AvgIpc) is 2.33. The number of nitrogens with two attached hydrogens (primary N) is 1. The molecule has 0 saturated carbocycles.